The third-order valence-electron chi connectivity index (χ3n) is 6.22. The molecule has 1 saturated carbocycles. The Bertz CT molecular complexity index is 1180. The van der Waals surface area contributed by atoms with Gasteiger partial charge in [-0.2, -0.15) is 0 Å². The molecular formula is C32H34O8. The zero-order chi connectivity index (χ0) is 29.1. The Hall–Kier alpha value is -4.46. The molecule has 0 spiro atoms. The van der Waals surface area contributed by atoms with Crippen molar-refractivity contribution in [2.45, 2.75) is 53.4 Å². The van der Waals surface area contributed by atoms with Gasteiger partial charge in [-0.1, -0.05) is 35.4 Å². The Kier molecular flexibility index (Phi) is 11.0. The highest BCUT2D eigenvalue weighted by Crippen LogP contribution is 2.31. The highest BCUT2D eigenvalue weighted by Gasteiger charge is 2.32. The van der Waals surface area contributed by atoms with E-state index in [2.05, 4.69) is 0 Å². The quantitative estimate of drug-likeness (QED) is 0.267. The molecule has 0 heterocycles. The van der Waals surface area contributed by atoms with Gasteiger partial charge in [0.25, 0.3) is 0 Å². The van der Waals surface area contributed by atoms with E-state index in [1.54, 1.807) is 48.5 Å². The van der Waals surface area contributed by atoms with Crippen LogP contribution in [0.3, 0.4) is 0 Å². The van der Waals surface area contributed by atoms with Gasteiger partial charge in [0.1, 0.15) is 23.0 Å². The summed E-state index contributed by atoms with van der Waals surface area (Å²) in [6.07, 6.45) is 2.60. The van der Waals surface area contributed by atoms with Crippen molar-refractivity contribution in [2.75, 3.05) is 0 Å². The Morgan fingerprint density at radius 1 is 0.475 bits per heavy atom. The number of benzene rings is 3. The van der Waals surface area contributed by atoms with Gasteiger partial charge in [0.2, 0.25) is 0 Å². The van der Waals surface area contributed by atoms with Crippen molar-refractivity contribution < 1.29 is 38.1 Å². The molecule has 4 rings (SSSR count). The highest BCUT2D eigenvalue weighted by atomic mass is 16.5. The summed E-state index contributed by atoms with van der Waals surface area (Å²) < 4.78 is 20.5. The molecule has 3 aromatic carbocycles. The van der Waals surface area contributed by atoms with Crippen molar-refractivity contribution in [1.82, 2.24) is 0 Å². The second kappa shape index (κ2) is 14.6. The van der Waals surface area contributed by atoms with E-state index >= 15 is 0 Å². The second-order valence-electron chi connectivity index (χ2n) is 9.68. The average molecular weight is 547 g/mol. The summed E-state index contributed by atoms with van der Waals surface area (Å²) in [5, 5.41) is 0. The van der Waals surface area contributed by atoms with Crippen molar-refractivity contribution in [3.63, 3.8) is 0 Å². The zero-order valence-electron chi connectivity index (χ0n) is 23.2. The fourth-order valence-electron chi connectivity index (χ4n) is 4.08. The highest BCUT2D eigenvalue weighted by molar-refractivity contribution is 5.78. The Balaban J connectivity index is 0.000000267. The third-order valence-corrected chi connectivity index (χ3v) is 6.22. The minimum atomic E-state index is -0.384. The van der Waals surface area contributed by atoms with Gasteiger partial charge in [-0.3, -0.25) is 19.2 Å². The number of esters is 4. The molecule has 1 aliphatic rings. The predicted molar refractivity (Wildman–Crippen MR) is 148 cm³/mol. The molecule has 0 aromatic heterocycles. The fourth-order valence-corrected chi connectivity index (χ4v) is 4.08. The van der Waals surface area contributed by atoms with Crippen LogP contribution in [0.2, 0.25) is 0 Å². The van der Waals surface area contributed by atoms with Gasteiger partial charge in [0.05, 0.1) is 11.8 Å². The molecule has 0 N–H and O–H groups in total. The zero-order valence-corrected chi connectivity index (χ0v) is 23.2. The molecular weight excluding hydrogens is 512 g/mol. The number of carbonyl (C=O) groups excluding carboxylic acids is 4. The van der Waals surface area contributed by atoms with Gasteiger partial charge in [-0.05, 0) is 88.1 Å². The second-order valence-corrected chi connectivity index (χ2v) is 9.68. The molecule has 0 saturated heterocycles. The summed E-state index contributed by atoms with van der Waals surface area (Å²) in [5.74, 6) is 0.498. The lowest BCUT2D eigenvalue weighted by Gasteiger charge is -2.25. The lowest BCUT2D eigenvalue weighted by Crippen LogP contribution is -2.30. The molecule has 0 radical (unpaired) electrons. The summed E-state index contributed by atoms with van der Waals surface area (Å²) in [4.78, 5) is 45.8. The van der Waals surface area contributed by atoms with E-state index in [9.17, 15) is 19.2 Å². The molecule has 8 heteroatoms. The Labute approximate surface area is 234 Å². The minimum Gasteiger partial charge on any atom is -0.427 e. The number of ether oxygens (including phenoxy) is 4. The van der Waals surface area contributed by atoms with Crippen molar-refractivity contribution in [1.29, 1.82) is 0 Å². The molecule has 0 atom stereocenters. The van der Waals surface area contributed by atoms with E-state index in [4.69, 9.17) is 18.9 Å². The SMILES string of the molecule is CC(=O)Oc1ccc(OC(C)=O)cc1.Cc1ccc(OC(=O)C2CCC(C(=O)Oc3ccc(C)cc3)CC2)cc1. The van der Waals surface area contributed by atoms with Crippen LogP contribution in [-0.4, -0.2) is 23.9 Å². The first-order chi connectivity index (χ1) is 19.1. The van der Waals surface area contributed by atoms with Crippen LogP contribution in [0.1, 0.15) is 50.7 Å². The summed E-state index contributed by atoms with van der Waals surface area (Å²) in [5.41, 5.74) is 2.25. The molecule has 0 amide bonds. The van der Waals surface area contributed by atoms with Crippen LogP contribution in [0.4, 0.5) is 0 Å². The molecule has 210 valence electrons. The smallest absolute Gasteiger partial charge is 0.314 e. The predicted octanol–water partition coefficient (Wildman–Crippen LogP) is 6.16. The summed E-state index contributed by atoms with van der Waals surface area (Å²) >= 11 is 0. The van der Waals surface area contributed by atoms with Crippen LogP contribution in [0, 0.1) is 25.7 Å². The maximum Gasteiger partial charge on any atom is 0.314 e. The van der Waals surface area contributed by atoms with E-state index in [-0.39, 0.29) is 35.7 Å². The molecule has 0 aliphatic heterocycles. The number of carbonyl (C=O) groups is 4. The van der Waals surface area contributed by atoms with E-state index in [1.165, 1.54) is 13.8 Å². The molecule has 3 aromatic rings. The van der Waals surface area contributed by atoms with Gasteiger partial charge in [-0.15, -0.1) is 0 Å². The summed E-state index contributed by atoms with van der Waals surface area (Å²) in [6, 6.07) is 21.1. The standard InChI is InChI=1S/C22H24O4.C10H10O4/c1-15-3-11-19(12-4-15)25-21(23)17-7-9-18(10-8-17)22(24)26-20-13-5-16(2)6-14-20;1-7(11)13-9-3-5-10(6-4-9)14-8(2)12/h3-6,11-14,17-18H,7-10H2,1-2H3;3-6H,1-2H3. The van der Waals surface area contributed by atoms with Gasteiger partial charge >= 0.3 is 23.9 Å². The minimum absolute atomic E-state index is 0.153. The lowest BCUT2D eigenvalue weighted by atomic mass is 9.82. The van der Waals surface area contributed by atoms with Crippen molar-refractivity contribution in [3.05, 3.63) is 83.9 Å². The molecule has 0 unspecified atom stereocenters. The fraction of sp³-hybridized carbons (Fsp3) is 0.312. The maximum absolute atomic E-state index is 12.3. The maximum atomic E-state index is 12.3. The molecule has 0 bridgehead atoms. The first kappa shape index (κ1) is 30.1. The Morgan fingerprint density at radius 3 is 1.00 bits per heavy atom. The van der Waals surface area contributed by atoms with Crippen LogP contribution in [-0.2, 0) is 19.2 Å². The van der Waals surface area contributed by atoms with Crippen molar-refractivity contribution >= 4 is 23.9 Å². The number of hydrogen-bond donors (Lipinski definition) is 0. The van der Waals surface area contributed by atoms with E-state index in [0.29, 0.717) is 48.7 Å². The summed E-state index contributed by atoms with van der Waals surface area (Å²) in [6.45, 7) is 6.62. The van der Waals surface area contributed by atoms with Crippen LogP contribution in [0.15, 0.2) is 72.8 Å². The van der Waals surface area contributed by atoms with Gasteiger partial charge in [0, 0.05) is 13.8 Å². The molecule has 8 nitrogen and oxygen atoms in total. The molecule has 1 fully saturated rings. The van der Waals surface area contributed by atoms with Crippen LogP contribution < -0.4 is 18.9 Å². The van der Waals surface area contributed by atoms with E-state index in [0.717, 1.165) is 11.1 Å². The Morgan fingerprint density at radius 2 is 0.725 bits per heavy atom. The average Bonchev–Trinajstić information content (AvgIpc) is 2.92. The number of rotatable bonds is 6. The van der Waals surface area contributed by atoms with Crippen LogP contribution in [0.25, 0.3) is 0 Å². The van der Waals surface area contributed by atoms with Crippen LogP contribution in [0.5, 0.6) is 23.0 Å². The van der Waals surface area contributed by atoms with Crippen molar-refractivity contribution in [3.8, 4) is 23.0 Å². The molecule has 1 aliphatic carbocycles. The number of aryl methyl sites for hydroxylation is 2. The largest absolute Gasteiger partial charge is 0.427 e. The first-order valence-corrected chi connectivity index (χ1v) is 13.1. The normalized spacial score (nSPS) is 16.0. The van der Waals surface area contributed by atoms with Gasteiger partial charge < -0.3 is 18.9 Å². The van der Waals surface area contributed by atoms with E-state index < -0.39 is 0 Å². The van der Waals surface area contributed by atoms with Gasteiger partial charge in [-0.25, -0.2) is 0 Å². The summed E-state index contributed by atoms with van der Waals surface area (Å²) in [7, 11) is 0. The van der Waals surface area contributed by atoms with Crippen LogP contribution >= 0.6 is 0 Å². The molecule has 40 heavy (non-hydrogen) atoms. The first-order valence-electron chi connectivity index (χ1n) is 13.1. The topological polar surface area (TPSA) is 105 Å². The van der Waals surface area contributed by atoms with Crippen molar-refractivity contribution in [2.24, 2.45) is 11.8 Å². The van der Waals surface area contributed by atoms with E-state index in [1.807, 2.05) is 38.1 Å². The van der Waals surface area contributed by atoms with Gasteiger partial charge in [0.15, 0.2) is 0 Å². The lowest BCUT2D eigenvalue weighted by molar-refractivity contribution is -0.145. The monoisotopic (exact) mass is 546 g/mol. The third kappa shape index (κ3) is 10.0. The number of hydrogen-bond acceptors (Lipinski definition) is 8.